The van der Waals surface area contributed by atoms with Gasteiger partial charge in [-0.3, -0.25) is 14.5 Å². The van der Waals surface area contributed by atoms with Crippen LogP contribution in [-0.4, -0.2) is 48.1 Å². The van der Waals surface area contributed by atoms with E-state index in [0.29, 0.717) is 45.9 Å². The Morgan fingerprint density at radius 2 is 2.13 bits per heavy atom. The highest BCUT2D eigenvalue weighted by Gasteiger charge is 2.54. The second-order valence-electron chi connectivity index (χ2n) is 8.47. The molecule has 162 valence electrons. The van der Waals surface area contributed by atoms with E-state index in [1.165, 1.54) is 11.3 Å². The van der Waals surface area contributed by atoms with Gasteiger partial charge < -0.3 is 20.4 Å². The summed E-state index contributed by atoms with van der Waals surface area (Å²) in [5.74, 6) is 0.741. The van der Waals surface area contributed by atoms with Crippen LogP contribution >= 0.6 is 11.3 Å². The summed E-state index contributed by atoms with van der Waals surface area (Å²) in [6.45, 7) is 5.20. The number of carbonyl (C=O) groups is 2. The summed E-state index contributed by atoms with van der Waals surface area (Å²) in [5, 5.41) is 6.19. The van der Waals surface area contributed by atoms with Gasteiger partial charge >= 0.3 is 6.03 Å². The van der Waals surface area contributed by atoms with Gasteiger partial charge in [-0.05, 0) is 50.5 Å². The predicted molar refractivity (Wildman–Crippen MR) is 119 cm³/mol. The number of aromatic nitrogens is 1. The molecule has 1 saturated heterocycles. The fourth-order valence-corrected chi connectivity index (χ4v) is 5.00. The third-order valence-corrected chi connectivity index (χ3v) is 6.88. The van der Waals surface area contributed by atoms with Crippen LogP contribution in [0, 0.1) is 0 Å². The number of ether oxygens (including phenoxy) is 1. The standard InChI is InChI=1S/C22H24N4O4S/c1-12(2)24-21(29)26-7-8-30-16-4-3-13(9-15(16)26)10-17-19(28)25-20(31-17)14-11-23-22(5-6-22)18(14)27/h3-4,9-10,12,23H,5-8,11H2,1-2H3,(H,24,29)(H,25,28)/b17-10-,20-14+. The number of ketones is 1. The Hall–Kier alpha value is -2.91. The lowest BCUT2D eigenvalue weighted by Crippen LogP contribution is -2.46. The van der Waals surface area contributed by atoms with Crippen molar-refractivity contribution in [3.8, 4) is 5.75 Å². The molecule has 0 atom stereocenters. The number of anilines is 1. The van der Waals surface area contributed by atoms with Crippen LogP contribution in [0.1, 0.15) is 32.3 Å². The number of hydrogen-bond donors (Lipinski definition) is 3. The average Bonchev–Trinajstić information content (AvgIpc) is 3.35. The molecular weight excluding hydrogens is 416 g/mol. The summed E-state index contributed by atoms with van der Waals surface area (Å²) >= 11 is 1.29. The molecule has 2 aliphatic heterocycles. The number of hydrogen-bond acceptors (Lipinski definition) is 6. The number of urea groups is 1. The lowest BCUT2D eigenvalue weighted by Gasteiger charge is -2.30. The van der Waals surface area contributed by atoms with Crippen molar-refractivity contribution in [2.75, 3.05) is 24.6 Å². The number of fused-ring (bicyclic) bond motifs is 1. The molecule has 1 aromatic heterocycles. The zero-order valence-corrected chi connectivity index (χ0v) is 18.2. The van der Waals surface area contributed by atoms with Crippen LogP contribution in [0.15, 0.2) is 23.0 Å². The number of nitrogens with one attached hydrogen (secondary N) is 3. The molecular formula is C22H24N4O4S. The normalized spacial score (nSPS) is 21.5. The van der Waals surface area contributed by atoms with Crippen LogP contribution in [0.25, 0.3) is 11.6 Å². The first kappa shape index (κ1) is 20.0. The third-order valence-electron chi connectivity index (χ3n) is 5.80. The van der Waals surface area contributed by atoms with E-state index in [-0.39, 0.29) is 29.0 Å². The van der Waals surface area contributed by atoms with E-state index in [4.69, 9.17) is 4.74 Å². The summed E-state index contributed by atoms with van der Waals surface area (Å²) in [6, 6.07) is 5.37. The van der Waals surface area contributed by atoms with Gasteiger partial charge in [-0.1, -0.05) is 6.07 Å². The lowest BCUT2D eigenvalue weighted by molar-refractivity contribution is -0.115. The summed E-state index contributed by atoms with van der Waals surface area (Å²) in [6.07, 6.45) is 3.50. The smallest absolute Gasteiger partial charge is 0.322 e. The Balaban J connectivity index is 1.51. The Kier molecular flexibility index (Phi) is 4.75. The molecule has 1 aliphatic carbocycles. The molecule has 1 saturated carbocycles. The number of aromatic amines is 1. The van der Waals surface area contributed by atoms with Crippen LogP contribution < -0.4 is 35.0 Å². The van der Waals surface area contributed by atoms with E-state index in [2.05, 4.69) is 15.6 Å². The number of Topliss-reactive ketones (excluding diaryl/α,β-unsaturated/α-hetero) is 1. The predicted octanol–water partition coefficient (Wildman–Crippen LogP) is 0.438. The Morgan fingerprint density at radius 1 is 1.32 bits per heavy atom. The van der Waals surface area contributed by atoms with E-state index >= 15 is 0 Å². The molecule has 0 bridgehead atoms. The summed E-state index contributed by atoms with van der Waals surface area (Å²) in [7, 11) is 0. The Bertz CT molecular complexity index is 1260. The molecule has 2 aromatic rings. The van der Waals surface area contributed by atoms with Crippen LogP contribution in [0.5, 0.6) is 5.75 Å². The first-order valence-corrected chi connectivity index (χ1v) is 11.3. The SMILES string of the molecule is CC(C)NC(=O)N1CCOc2ccc(/C=c3\s/c(=C4\CNC5(CC5)C4=O)[nH]c3=O)cc21. The van der Waals surface area contributed by atoms with Gasteiger partial charge in [0.25, 0.3) is 5.56 Å². The van der Waals surface area contributed by atoms with Gasteiger partial charge in [0, 0.05) is 18.2 Å². The molecule has 2 fully saturated rings. The van der Waals surface area contributed by atoms with Gasteiger partial charge in [-0.25, -0.2) is 4.79 Å². The molecule has 5 rings (SSSR count). The van der Waals surface area contributed by atoms with Crippen molar-refractivity contribution in [1.82, 2.24) is 15.6 Å². The third kappa shape index (κ3) is 3.57. The first-order valence-electron chi connectivity index (χ1n) is 10.4. The zero-order chi connectivity index (χ0) is 21.8. The highest BCUT2D eigenvalue weighted by atomic mass is 32.1. The quantitative estimate of drug-likeness (QED) is 0.629. The molecule has 8 nitrogen and oxygen atoms in total. The van der Waals surface area contributed by atoms with Gasteiger partial charge in [-0.15, -0.1) is 11.3 Å². The number of nitrogens with zero attached hydrogens (tertiary/aromatic N) is 1. The number of rotatable bonds is 2. The topological polar surface area (TPSA) is 104 Å². The van der Waals surface area contributed by atoms with E-state index in [9.17, 15) is 14.4 Å². The molecule has 9 heteroatoms. The minimum Gasteiger partial charge on any atom is -0.490 e. The van der Waals surface area contributed by atoms with Crippen molar-refractivity contribution in [1.29, 1.82) is 0 Å². The van der Waals surface area contributed by atoms with Crippen LogP contribution in [0.2, 0.25) is 0 Å². The lowest BCUT2D eigenvalue weighted by atomic mass is 10.1. The number of carbonyl (C=O) groups excluding carboxylic acids is 2. The van der Waals surface area contributed by atoms with Crippen molar-refractivity contribution >= 4 is 40.5 Å². The van der Waals surface area contributed by atoms with Crippen molar-refractivity contribution in [2.24, 2.45) is 0 Å². The summed E-state index contributed by atoms with van der Waals surface area (Å²) in [4.78, 5) is 42.3. The van der Waals surface area contributed by atoms with Crippen molar-refractivity contribution in [3.05, 3.63) is 43.3 Å². The maximum absolute atomic E-state index is 12.6. The van der Waals surface area contributed by atoms with E-state index in [1.807, 2.05) is 32.0 Å². The van der Waals surface area contributed by atoms with E-state index in [0.717, 1.165) is 18.4 Å². The van der Waals surface area contributed by atoms with Crippen LogP contribution in [-0.2, 0) is 4.79 Å². The van der Waals surface area contributed by atoms with Gasteiger partial charge in [-0.2, -0.15) is 0 Å². The summed E-state index contributed by atoms with van der Waals surface area (Å²) in [5.41, 5.74) is 1.52. The van der Waals surface area contributed by atoms with Gasteiger partial charge in [0.2, 0.25) is 0 Å². The van der Waals surface area contributed by atoms with E-state index < -0.39 is 0 Å². The molecule has 3 heterocycles. The van der Waals surface area contributed by atoms with Gasteiger partial charge in [0.05, 0.1) is 22.3 Å². The maximum atomic E-state index is 12.6. The van der Waals surface area contributed by atoms with Crippen LogP contribution in [0.4, 0.5) is 10.5 Å². The van der Waals surface area contributed by atoms with Crippen LogP contribution in [0.3, 0.4) is 0 Å². The van der Waals surface area contributed by atoms with Gasteiger partial charge in [0.15, 0.2) is 5.78 Å². The van der Waals surface area contributed by atoms with Crippen molar-refractivity contribution in [2.45, 2.75) is 38.3 Å². The van der Waals surface area contributed by atoms with Crippen molar-refractivity contribution in [3.63, 3.8) is 0 Å². The molecule has 3 N–H and O–H groups in total. The average molecular weight is 441 g/mol. The molecule has 31 heavy (non-hydrogen) atoms. The molecule has 2 amide bonds. The minimum absolute atomic E-state index is 0.0247. The molecule has 3 aliphatic rings. The van der Waals surface area contributed by atoms with E-state index in [1.54, 1.807) is 11.0 Å². The Morgan fingerprint density at radius 3 is 2.84 bits per heavy atom. The zero-order valence-electron chi connectivity index (χ0n) is 17.4. The number of benzene rings is 1. The maximum Gasteiger partial charge on any atom is 0.322 e. The molecule has 0 radical (unpaired) electrons. The molecule has 0 unspecified atom stereocenters. The monoisotopic (exact) mass is 440 g/mol. The largest absolute Gasteiger partial charge is 0.490 e. The summed E-state index contributed by atoms with van der Waals surface area (Å²) < 4.78 is 6.84. The molecule has 1 spiro atoms. The highest BCUT2D eigenvalue weighted by molar-refractivity contribution is 7.07. The minimum atomic E-state index is -0.376. The number of thiazole rings is 1. The fraction of sp³-hybridized carbons (Fsp3) is 0.409. The highest BCUT2D eigenvalue weighted by Crippen LogP contribution is 2.41. The number of H-pyrrole nitrogens is 1. The van der Waals surface area contributed by atoms with Crippen molar-refractivity contribution < 1.29 is 14.3 Å². The molecule has 1 aromatic carbocycles. The first-order chi connectivity index (χ1) is 14.9. The Labute approximate surface area is 182 Å². The fourth-order valence-electron chi connectivity index (χ4n) is 4.01. The number of amides is 2. The second kappa shape index (κ2) is 7.35. The van der Waals surface area contributed by atoms with Gasteiger partial charge in [0.1, 0.15) is 17.0 Å². The second-order valence-corrected chi connectivity index (χ2v) is 9.52.